The molecule has 0 radical (unpaired) electrons. The topological polar surface area (TPSA) is 50.7 Å². The van der Waals surface area contributed by atoms with Crippen molar-refractivity contribution in [3.8, 4) is 17.2 Å². The van der Waals surface area contributed by atoms with Gasteiger partial charge in [-0.3, -0.25) is 0 Å². The molecule has 4 nitrogen and oxygen atoms in total. The number of hydrogen-bond acceptors (Lipinski definition) is 4. The fourth-order valence-electron chi connectivity index (χ4n) is 1.49. The Hall–Kier alpha value is -0.940. The lowest BCUT2D eigenvalue weighted by atomic mass is 10.1. The Balaban J connectivity index is 2.36. The van der Waals surface area contributed by atoms with Crippen LogP contribution in [0.2, 0.25) is 0 Å². The van der Waals surface area contributed by atoms with Crippen molar-refractivity contribution < 1.29 is 14.6 Å². The van der Waals surface area contributed by atoms with E-state index in [0.717, 1.165) is 18.5 Å². The number of fused-ring (bicyclic) bond motifs is 1. The summed E-state index contributed by atoms with van der Waals surface area (Å²) in [5.74, 6) is 1.50. The Morgan fingerprint density at radius 3 is 3.07 bits per heavy atom. The molecule has 0 saturated carbocycles. The lowest BCUT2D eigenvalue weighted by molar-refractivity contribution is 0.173. The summed E-state index contributed by atoms with van der Waals surface area (Å²) in [7, 11) is 1.87. The molecule has 0 unspecified atom stereocenters. The number of phenolic OH excluding ortho intramolecular Hbond substituents is 1. The fraction of sp³-hybridized carbons (Fsp3) is 0.400. The van der Waals surface area contributed by atoms with Gasteiger partial charge in [0.1, 0.15) is 10.2 Å². The van der Waals surface area contributed by atoms with Crippen LogP contribution in [0.15, 0.2) is 10.5 Å². The summed E-state index contributed by atoms with van der Waals surface area (Å²) in [5.41, 5.74) is 0.848. The summed E-state index contributed by atoms with van der Waals surface area (Å²) in [6.07, 6.45) is 0.748. The van der Waals surface area contributed by atoms with E-state index in [-0.39, 0.29) is 12.5 Å². The first kappa shape index (κ1) is 10.6. The molecule has 2 N–H and O–H groups in total. The van der Waals surface area contributed by atoms with Crippen LogP contribution in [0.1, 0.15) is 5.56 Å². The molecule has 0 aliphatic carbocycles. The van der Waals surface area contributed by atoms with Gasteiger partial charge in [-0.05, 0) is 42.0 Å². The Morgan fingerprint density at radius 2 is 2.33 bits per heavy atom. The third-order valence-electron chi connectivity index (χ3n) is 2.30. The zero-order valence-corrected chi connectivity index (χ0v) is 9.93. The highest BCUT2D eigenvalue weighted by Crippen LogP contribution is 2.46. The predicted molar refractivity (Wildman–Crippen MR) is 59.6 cm³/mol. The SMILES string of the molecule is CNCCc1cc2c(c(Br)c1O)OCO2. The first-order valence-electron chi connectivity index (χ1n) is 4.68. The van der Waals surface area contributed by atoms with E-state index in [1.165, 1.54) is 0 Å². The molecular formula is C10H12BrNO3. The molecule has 1 aliphatic rings. The van der Waals surface area contributed by atoms with Crippen LogP contribution < -0.4 is 14.8 Å². The molecule has 0 atom stereocenters. The molecule has 0 fully saturated rings. The smallest absolute Gasteiger partial charge is 0.231 e. The summed E-state index contributed by atoms with van der Waals surface area (Å²) in [5, 5.41) is 12.9. The zero-order chi connectivity index (χ0) is 10.8. The second-order valence-corrected chi connectivity index (χ2v) is 4.08. The number of hydrogen-bond donors (Lipinski definition) is 2. The van der Waals surface area contributed by atoms with Gasteiger partial charge < -0.3 is 19.9 Å². The van der Waals surface area contributed by atoms with Gasteiger partial charge in [0.2, 0.25) is 6.79 Å². The second-order valence-electron chi connectivity index (χ2n) is 3.29. The van der Waals surface area contributed by atoms with Crippen LogP contribution in [0.25, 0.3) is 0 Å². The van der Waals surface area contributed by atoms with Crippen molar-refractivity contribution in [2.45, 2.75) is 6.42 Å². The lowest BCUT2D eigenvalue weighted by Crippen LogP contribution is -2.10. The van der Waals surface area contributed by atoms with Crippen molar-refractivity contribution in [2.75, 3.05) is 20.4 Å². The van der Waals surface area contributed by atoms with E-state index in [1.807, 2.05) is 13.1 Å². The Morgan fingerprint density at radius 1 is 1.53 bits per heavy atom. The molecule has 1 heterocycles. The van der Waals surface area contributed by atoms with Crippen LogP contribution in [0.5, 0.6) is 17.2 Å². The molecular weight excluding hydrogens is 262 g/mol. The number of ether oxygens (including phenoxy) is 2. The molecule has 5 heteroatoms. The van der Waals surface area contributed by atoms with Crippen LogP contribution in [0, 0.1) is 0 Å². The highest BCUT2D eigenvalue weighted by Gasteiger charge is 2.22. The normalized spacial score (nSPS) is 13.2. The molecule has 0 amide bonds. The highest BCUT2D eigenvalue weighted by molar-refractivity contribution is 9.10. The van der Waals surface area contributed by atoms with Gasteiger partial charge in [0.25, 0.3) is 0 Å². The molecule has 1 aliphatic heterocycles. The summed E-state index contributed by atoms with van der Waals surface area (Å²) >= 11 is 3.30. The van der Waals surface area contributed by atoms with Gasteiger partial charge >= 0.3 is 0 Å². The first-order valence-corrected chi connectivity index (χ1v) is 5.48. The van der Waals surface area contributed by atoms with E-state index in [4.69, 9.17) is 9.47 Å². The van der Waals surface area contributed by atoms with Gasteiger partial charge in [-0.15, -0.1) is 0 Å². The van der Waals surface area contributed by atoms with E-state index < -0.39 is 0 Å². The van der Waals surface area contributed by atoms with Crippen LogP contribution in [0.4, 0.5) is 0 Å². The predicted octanol–water partition coefficient (Wildman–Crippen LogP) is 1.65. The maximum Gasteiger partial charge on any atom is 0.231 e. The van der Waals surface area contributed by atoms with Gasteiger partial charge in [0.15, 0.2) is 11.5 Å². The summed E-state index contributed by atoms with van der Waals surface area (Å²) in [6.45, 7) is 1.02. The minimum absolute atomic E-state index is 0.211. The van der Waals surface area contributed by atoms with Gasteiger partial charge in [-0.2, -0.15) is 0 Å². The van der Waals surface area contributed by atoms with Gasteiger partial charge in [-0.1, -0.05) is 0 Å². The third kappa shape index (κ3) is 1.89. The number of aromatic hydroxyl groups is 1. The summed E-state index contributed by atoms with van der Waals surface area (Å²) < 4.78 is 11.1. The van der Waals surface area contributed by atoms with E-state index in [1.54, 1.807) is 0 Å². The number of phenols is 1. The molecule has 0 saturated heterocycles. The second kappa shape index (κ2) is 4.28. The first-order chi connectivity index (χ1) is 7.24. The van der Waals surface area contributed by atoms with Crippen molar-refractivity contribution in [1.29, 1.82) is 0 Å². The van der Waals surface area contributed by atoms with Crippen LogP contribution in [-0.2, 0) is 6.42 Å². The van der Waals surface area contributed by atoms with Crippen molar-refractivity contribution in [1.82, 2.24) is 5.32 Å². The van der Waals surface area contributed by atoms with Crippen molar-refractivity contribution in [2.24, 2.45) is 0 Å². The number of benzene rings is 1. The fourth-order valence-corrected chi connectivity index (χ4v) is 2.06. The summed E-state index contributed by atoms with van der Waals surface area (Å²) in [4.78, 5) is 0. The van der Waals surface area contributed by atoms with Gasteiger partial charge in [0, 0.05) is 5.56 Å². The van der Waals surface area contributed by atoms with Crippen LogP contribution in [-0.4, -0.2) is 25.5 Å². The monoisotopic (exact) mass is 273 g/mol. The molecule has 15 heavy (non-hydrogen) atoms. The molecule has 82 valence electrons. The van der Waals surface area contributed by atoms with E-state index in [9.17, 15) is 5.11 Å². The number of halogens is 1. The molecule has 2 rings (SSSR count). The van der Waals surface area contributed by atoms with Crippen molar-refractivity contribution in [3.63, 3.8) is 0 Å². The Labute approximate surface area is 96.3 Å². The van der Waals surface area contributed by atoms with Crippen molar-refractivity contribution in [3.05, 3.63) is 16.1 Å². The quantitative estimate of drug-likeness (QED) is 0.880. The number of likely N-dealkylation sites (N-methyl/N-ethyl adjacent to an activating group) is 1. The molecule has 0 bridgehead atoms. The van der Waals surface area contributed by atoms with E-state index >= 15 is 0 Å². The number of rotatable bonds is 3. The Kier molecular flexibility index (Phi) is 3.02. The van der Waals surface area contributed by atoms with Crippen LogP contribution in [0.3, 0.4) is 0 Å². The molecule has 1 aromatic rings. The lowest BCUT2D eigenvalue weighted by Gasteiger charge is -2.08. The van der Waals surface area contributed by atoms with Crippen LogP contribution >= 0.6 is 15.9 Å². The number of nitrogens with one attached hydrogen (secondary N) is 1. The minimum atomic E-state index is 0.211. The summed E-state index contributed by atoms with van der Waals surface area (Å²) in [6, 6.07) is 1.82. The van der Waals surface area contributed by atoms with E-state index in [2.05, 4.69) is 21.2 Å². The maximum atomic E-state index is 9.88. The molecule has 1 aromatic carbocycles. The molecule has 0 spiro atoms. The standard InChI is InChI=1S/C10H12BrNO3/c1-12-3-2-6-4-7-10(15-5-14-7)8(11)9(6)13/h4,12-13H,2-3,5H2,1H3. The van der Waals surface area contributed by atoms with E-state index in [0.29, 0.717) is 16.0 Å². The Bertz CT molecular complexity index is 381. The molecule has 0 aromatic heterocycles. The highest BCUT2D eigenvalue weighted by atomic mass is 79.9. The zero-order valence-electron chi connectivity index (χ0n) is 8.34. The largest absolute Gasteiger partial charge is 0.506 e. The van der Waals surface area contributed by atoms with Gasteiger partial charge in [-0.25, -0.2) is 0 Å². The van der Waals surface area contributed by atoms with Crippen molar-refractivity contribution >= 4 is 15.9 Å². The third-order valence-corrected chi connectivity index (χ3v) is 3.04. The van der Waals surface area contributed by atoms with Gasteiger partial charge in [0.05, 0.1) is 0 Å². The maximum absolute atomic E-state index is 9.88. The average molecular weight is 274 g/mol. The average Bonchev–Trinajstić information content (AvgIpc) is 2.69. The minimum Gasteiger partial charge on any atom is -0.506 e.